The van der Waals surface area contributed by atoms with Crippen molar-refractivity contribution in [1.82, 2.24) is 0 Å². The third-order valence-corrected chi connectivity index (χ3v) is 12.7. The summed E-state index contributed by atoms with van der Waals surface area (Å²) >= 11 is 0. The summed E-state index contributed by atoms with van der Waals surface area (Å²) < 4.78 is 0. The zero-order chi connectivity index (χ0) is 39.5. The van der Waals surface area contributed by atoms with E-state index < -0.39 is 0 Å². The summed E-state index contributed by atoms with van der Waals surface area (Å²) in [7, 11) is 0. The van der Waals surface area contributed by atoms with Crippen LogP contribution < -0.4 is 0 Å². The van der Waals surface area contributed by atoms with E-state index in [4.69, 9.17) is 0 Å². The van der Waals surface area contributed by atoms with Crippen molar-refractivity contribution in [1.29, 1.82) is 0 Å². The number of hydrogen-bond acceptors (Lipinski definition) is 0. The van der Waals surface area contributed by atoms with E-state index in [1.54, 1.807) is 0 Å². The van der Waals surface area contributed by atoms with Gasteiger partial charge in [-0.2, -0.15) is 0 Å². The number of hydrogen-bond donors (Lipinski definition) is 0. The van der Waals surface area contributed by atoms with Crippen LogP contribution in [0.5, 0.6) is 0 Å². The van der Waals surface area contributed by atoms with Crippen LogP contribution in [0.1, 0.15) is 328 Å². The molecule has 0 spiro atoms. The molecule has 0 heterocycles. The molecule has 0 saturated carbocycles. The van der Waals surface area contributed by atoms with Crippen molar-refractivity contribution in [2.75, 3.05) is 0 Å². The predicted octanol–water partition coefficient (Wildman–Crippen LogP) is 21.3. The summed E-state index contributed by atoms with van der Waals surface area (Å²) in [5.74, 6) is 0. The first kappa shape index (κ1) is 54.5. The molecule has 328 valence electrons. The zero-order valence-electron chi connectivity index (χ0n) is 39.0. The van der Waals surface area contributed by atoms with Gasteiger partial charge in [-0.05, 0) is 39.5 Å². The lowest BCUT2D eigenvalue weighted by atomic mass is 10.0. The quantitative estimate of drug-likeness (QED) is 0.0427. The summed E-state index contributed by atoms with van der Waals surface area (Å²) in [5, 5.41) is 0. The molecule has 0 radical (unpaired) electrons. The van der Waals surface area contributed by atoms with E-state index in [0.717, 1.165) is 0 Å². The van der Waals surface area contributed by atoms with Crippen LogP contribution in [0.4, 0.5) is 0 Å². The van der Waals surface area contributed by atoms with Gasteiger partial charge in [-0.3, -0.25) is 0 Å². The molecule has 0 bridgehead atoms. The molecule has 0 aliphatic carbocycles. The van der Waals surface area contributed by atoms with Crippen LogP contribution in [-0.2, 0) is 0 Å². The largest absolute Gasteiger partial charge is 0.0917 e. The fraction of sp³-hybridized carbons (Fsp3) is 0.927. The Morgan fingerprint density at radius 1 is 0.145 bits per heavy atom. The van der Waals surface area contributed by atoms with E-state index in [0.29, 0.717) is 0 Å². The molecular weight excluding hydrogens is 661 g/mol. The van der Waals surface area contributed by atoms with Gasteiger partial charge < -0.3 is 0 Å². The maximum absolute atomic E-state index is 2.31. The normalized spacial score (nSPS) is 12.0. The number of unbranched alkanes of at least 4 members (excludes halogenated alkanes) is 48. The van der Waals surface area contributed by atoms with Crippen LogP contribution in [0.3, 0.4) is 0 Å². The Kier molecular flexibility index (Phi) is 53.0. The molecule has 0 saturated heterocycles. The fourth-order valence-corrected chi connectivity index (χ4v) is 8.81. The predicted molar refractivity (Wildman–Crippen MR) is 256 cm³/mol. The molecule has 0 aromatic carbocycles. The molecule has 0 aliphatic heterocycles. The van der Waals surface area contributed by atoms with Gasteiger partial charge in [0.15, 0.2) is 0 Å². The van der Waals surface area contributed by atoms with Crippen molar-refractivity contribution in [3.05, 3.63) is 24.3 Å². The van der Waals surface area contributed by atoms with E-state index >= 15 is 0 Å². The number of rotatable bonds is 50. The Morgan fingerprint density at radius 2 is 0.236 bits per heavy atom. The Balaban J connectivity index is 3.06. The van der Waals surface area contributed by atoms with Gasteiger partial charge in [0.05, 0.1) is 0 Å². The molecular formula is C55H108. The maximum Gasteiger partial charge on any atom is -0.0351 e. The molecule has 55 heavy (non-hydrogen) atoms. The molecule has 0 fully saturated rings. The van der Waals surface area contributed by atoms with Gasteiger partial charge in [-0.1, -0.05) is 313 Å². The van der Waals surface area contributed by atoms with Gasteiger partial charge in [0.1, 0.15) is 0 Å². The van der Waals surface area contributed by atoms with Crippen molar-refractivity contribution in [3.63, 3.8) is 0 Å². The van der Waals surface area contributed by atoms with Crippen LogP contribution >= 0.6 is 0 Å². The third-order valence-electron chi connectivity index (χ3n) is 12.7. The first-order chi connectivity index (χ1) is 27.4. The molecule has 0 heteroatoms. The summed E-state index contributed by atoms with van der Waals surface area (Å²) in [5.41, 5.74) is 0. The highest BCUT2D eigenvalue weighted by molar-refractivity contribution is 4.76. The van der Waals surface area contributed by atoms with Crippen LogP contribution in [0.2, 0.25) is 0 Å². The smallest absolute Gasteiger partial charge is 0.0351 e. The highest BCUT2D eigenvalue weighted by atomic mass is 14.1. The minimum atomic E-state index is 1.29. The lowest BCUT2D eigenvalue weighted by molar-refractivity contribution is 0.508. The monoisotopic (exact) mass is 769 g/mol. The number of allylic oxidation sites excluding steroid dienone is 4. The summed E-state index contributed by atoms with van der Waals surface area (Å²) in [4.78, 5) is 0. The Morgan fingerprint density at radius 3 is 0.327 bits per heavy atom. The van der Waals surface area contributed by atoms with Gasteiger partial charge in [-0.15, -0.1) is 0 Å². The molecule has 0 atom stereocenters. The van der Waals surface area contributed by atoms with E-state index in [1.807, 2.05) is 0 Å². The fourth-order valence-electron chi connectivity index (χ4n) is 8.81. The van der Waals surface area contributed by atoms with E-state index in [1.165, 1.54) is 315 Å². The van der Waals surface area contributed by atoms with Gasteiger partial charge >= 0.3 is 0 Å². The standard InChI is InChI=1S/C55H108/c1-3-5-7-9-11-13-15-17-19-21-23-25-27-29-31-33-35-37-39-41-43-45-47-49-51-53-55-54-52-50-48-46-44-42-40-38-36-34-32-30-28-26-24-22-20-18-16-14-12-10-8-6-4-2/h3-6H,7-55H2,1-2H3. The van der Waals surface area contributed by atoms with Crippen molar-refractivity contribution in [2.24, 2.45) is 0 Å². The average molecular weight is 769 g/mol. The molecule has 0 nitrogen and oxygen atoms in total. The minimum Gasteiger partial charge on any atom is -0.0917 e. The second-order valence-electron chi connectivity index (χ2n) is 18.3. The molecule has 0 aromatic heterocycles. The lowest BCUT2D eigenvalue weighted by Crippen LogP contribution is -1.85. The van der Waals surface area contributed by atoms with Gasteiger partial charge in [-0.25, -0.2) is 0 Å². The topological polar surface area (TPSA) is 0 Å². The lowest BCUT2D eigenvalue weighted by Gasteiger charge is -2.05. The Hall–Kier alpha value is -0.520. The van der Waals surface area contributed by atoms with E-state index in [-0.39, 0.29) is 0 Å². The van der Waals surface area contributed by atoms with Crippen LogP contribution in [0, 0.1) is 0 Å². The Bertz CT molecular complexity index is 628. The SMILES string of the molecule is CC=CCCCCCCCCCCCCCCCCCCCCCCCCCCCCCCCCCCCCCCCCCCCCCCCCCC=CC. The molecule has 0 amide bonds. The minimum absolute atomic E-state index is 1.29. The van der Waals surface area contributed by atoms with Crippen LogP contribution in [-0.4, -0.2) is 0 Å². The van der Waals surface area contributed by atoms with E-state index in [9.17, 15) is 0 Å². The summed E-state index contributed by atoms with van der Waals surface area (Å²) in [6.07, 6.45) is 81.2. The highest BCUT2D eigenvalue weighted by Gasteiger charge is 1.99. The van der Waals surface area contributed by atoms with Crippen molar-refractivity contribution in [3.8, 4) is 0 Å². The second kappa shape index (κ2) is 53.5. The maximum atomic E-state index is 2.31. The first-order valence-corrected chi connectivity index (χ1v) is 26.6. The average Bonchev–Trinajstić information content (AvgIpc) is 3.20. The molecule has 0 aliphatic rings. The zero-order valence-corrected chi connectivity index (χ0v) is 39.0. The molecule has 0 aromatic rings. The van der Waals surface area contributed by atoms with Crippen molar-refractivity contribution in [2.45, 2.75) is 328 Å². The van der Waals surface area contributed by atoms with Gasteiger partial charge in [0.25, 0.3) is 0 Å². The van der Waals surface area contributed by atoms with Crippen LogP contribution in [0.25, 0.3) is 0 Å². The molecule has 0 rings (SSSR count). The van der Waals surface area contributed by atoms with Crippen LogP contribution in [0.15, 0.2) is 24.3 Å². The van der Waals surface area contributed by atoms with Crippen molar-refractivity contribution < 1.29 is 0 Å². The van der Waals surface area contributed by atoms with E-state index in [2.05, 4.69) is 38.2 Å². The van der Waals surface area contributed by atoms with Gasteiger partial charge in [0, 0.05) is 0 Å². The molecule has 0 N–H and O–H groups in total. The first-order valence-electron chi connectivity index (χ1n) is 26.6. The Labute approximate surface area is 351 Å². The summed E-state index contributed by atoms with van der Waals surface area (Å²) in [6, 6.07) is 0. The highest BCUT2D eigenvalue weighted by Crippen LogP contribution is 2.19. The summed E-state index contributed by atoms with van der Waals surface area (Å²) in [6.45, 7) is 4.26. The van der Waals surface area contributed by atoms with Crippen molar-refractivity contribution >= 4 is 0 Å². The molecule has 0 unspecified atom stereocenters. The second-order valence-corrected chi connectivity index (χ2v) is 18.3. The third kappa shape index (κ3) is 53.5. The van der Waals surface area contributed by atoms with Gasteiger partial charge in [0.2, 0.25) is 0 Å².